The Kier molecular flexibility index (Phi) is 5.76. The maximum absolute atomic E-state index is 12.1. The first kappa shape index (κ1) is 16.4. The van der Waals surface area contributed by atoms with Crippen molar-refractivity contribution in [3.05, 3.63) is 28.8 Å². The minimum atomic E-state index is -3.64. The summed E-state index contributed by atoms with van der Waals surface area (Å²) in [5.74, 6) is 0. The second kappa shape index (κ2) is 6.67. The summed E-state index contributed by atoms with van der Waals surface area (Å²) in [4.78, 5) is 2.46. The molecule has 0 bridgehead atoms. The van der Waals surface area contributed by atoms with E-state index >= 15 is 0 Å². The molecule has 1 aromatic rings. The van der Waals surface area contributed by atoms with Crippen LogP contribution in [0.15, 0.2) is 23.1 Å². The molecule has 2 N–H and O–H groups in total. The lowest BCUT2D eigenvalue weighted by Gasteiger charge is -2.15. The summed E-state index contributed by atoms with van der Waals surface area (Å²) in [7, 11) is -0.422. The lowest BCUT2D eigenvalue weighted by atomic mass is 10.2. The first-order chi connectivity index (χ1) is 8.72. The van der Waals surface area contributed by atoms with Gasteiger partial charge in [-0.15, -0.1) is 4.83 Å². The van der Waals surface area contributed by atoms with Gasteiger partial charge in [0.1, 0.15) is 4.90 Å². The van der Waals surface area contributed by atoms with Gasteiger partial charge in [0.25, 0.3) is 10.0 Å². The molecule has 0 heterocycles. The van der Waals surface area contributed by atoms with Gasteiger partial charge in [0.2, 0.25) is 0 Å². The lowest BCUT2D eigenvalue weighted by Crippen LogP contribution is -2.36. The van der Waals surface area contributed by atoms with Gasteiger partial charge >= 0.3 is 0 Å². The number of halogens is 1. The summed E-state index contributed by atoms with van der Waals surface area (Å²) in [6.45, 7) is 4.65. The van der Waals surface area contributed by atoms with Crippen molar-refractivity contribution in [2.75, 3.05) is 14.1 Å². The molecule has 0 atom stereocenters. The largest absolute Gasteiger partial charge is 0.310 e. The molecule has 0 saturated heterocycles. The number of rotatable bonds is 6. The second-order valence-electron chi connectivity index (χ2n) is 4.79. The topological polar surface area (TPSA) is 61.4 Å². The molecule has 1 aromatic carbocycles. The summed E-state index contributed by atoms with van der Waals surface area (Å²) < 4.78 is 24.2. The molecular formula is C12H20ClN3O2S. The van der Waals surface area contributed by atoms with E-state index < -0.39 is 10.0 Å². The Morgan fingerprint density at radius 1 is 1.32 bits per heavy atom. The Bertz CT molecular complexity index is 530. The van der Waals surface area contributed by atoms with E-state index in [0.717, 1.165) is 5.56 Å². The van der Waals surface area contributed by atoms with Crippen LogP contribution in [0.5, 0.6) is 0 Å². The van der Waals surface area contributed by atoms with E-state index in [2.05, 4.69) is 10.1 Å². The molecule has 0 spiro atoms. The normalized spacial score (nSPS) is 12.4. The highest BCUT2D eigenvalue weighted by Crippen LogP contribution is 2.22. The van der Waals surface area contributed by atoms with Gasteiger partial charge in [-0.25, -0.2) is 13.4 Å². The van der Waals surface area contributed by atoms with Gasteiger partial charge in [-0.2, -0.15) is 0 Å². The molecule has 0 fully saturated rings. The van der Waals surface area contributed by atoms with Crippen LogP contribution in [0.3, 0.4) is 0 Å². The fourth-order valence-electron chi connectivity index (χ4n) is 1.48. The van der Waals surface area contributed by atoms with E-state index in [1.165, 1.54) is 5.01 Å². The van der Waals surface area contributed by atoms with E-state index in [1.54, 1.807) is 26.2 Å². The van der Waals surface area contributed by atoms with Crippen LogP contribution in [0.2, 0.25) is 5.02 Å². The molecule has 0 amide bonds. The number of sulfonamides is 1. The molecule has 108 valence electrons. The van der Waals surface area contributed by atoms with E-state index in [9.17, 15) is 8.42 Å². The third-order valence-corrected chi connectivity index (χ3v) is 4.27. The third kappa shape index (κ3) is 5.08. The molecule has 7 heteroatoms. The van der Waals surface area contributed by atoms with Crippen LogP contribution in [-0.4, -0.2) is 33.6 Å². The van der Waals surface area contributed by atoms with Crippen molar-refractivity contribution < 1.29 is 8.42 Å². The summed E-state index contributed by atoms with van der Waals surface area (Å²) in [5, 5.41) is 4.81. The second-order valence-corrected chi connectivity index (χ2v) is 6.83. The van der Waals surface area contributed by atoms with Crippen molar-refractivity contribution >= 4 is 21.6 Å². The van der Waals surface area contributed by atoms with Crippen molar-refractivity contribution in [1.82, 2.24) is 15.2 Å². The highest BCUT2D eigenvalue weighted by atomic mass is 35.5. The standard InChI is InChI=1S/C12H20ClN3O2S/c1-9(2)14-8-10-5-6-11(13)12(7-10)19(17,18)15-16(3)4/h5-7,9,14-15H,8H2,1-4H3. The molecule has 0 aliphatic rings. The lowest BCUT2D eigenvalue weighted by molar-refractivity contribution is 0.364. The fraction of sp³-hybridized carbons (Fsp3) is 0.500. The molecule has 0 saturated carbocycles. The van der Waals surface area contributed by atoms with Gasteiger partial charge < -0.3 is 5.32 Å². The van der Waals surface area contributed by atoms with Crippen molar-refractivity contribution in [3.63, 3.8) is 0 Å². The number of hydrogen-bond donors (Lipinski definition) is 2. The van der Waals surface area contributed by atoms with E-state index in [4.69, 9.17) is 11.6 Å². The van der Waals surface area contributed by atoms with Gasteiger partial charge in [-0.3, -0.25) is 0 Å². The quantitative estimate of drug-likeness (QED) is 0.784. The zero-order valence-corrected chi connectivity index (χ0v) is 13.1. The summed E-state index contributed by atoms with van der Waals surface area (Å²) in [6, 6.07) is 5.33. The number of hydrogen-bond acceptors (Lipinski definition) is 4. The predicted octanol–water partition coefficient (Wildman–Crippen LogP) is 1.59. The first-order valence-corrected chi connectivity index (χ1v) is 7.80. The SMILES string of the molecule is CC(C)NCc1ccc(Cl)c(S(=O)(=O)NN(C)C)c1. The monoisotopic (exact) mass is 305 g/mol. The molecule has 0 aliphatic heterocycles. The average molecular weight is 306 g/mol. The van der Waals surface area contributed by atoms with Crippen LogP contribution >= 0.6 is 11.6 Å². The van der Waals surface area contributed by atoms with Crippen LogP contribution in [-0.2, 0) is 16.6 Å². The number of nitrogens with zero attached hydrogens (tertiary/aromatic N) is 1. The van der Waals surface area contributed by atoms with Gasteiger partial charge in [-0.05, 0) is 17.7 Å². The van der Waals surface area contributed by atoms with Crippen molar-refractivity contribution in [3.8, 4) is 0 Å². The summed E-state index contributed by atoms with van der Waals surface area (Å²) >= 11 is 5.97. The van der Waals surface area contributed by atoms with Crippen LogP contribution in [0.4, 0.5) is 0 Å². The zero-order valence-electron chi connectivity index (χ0n) is 11.6. The maximum atomic E-state index is 12.1. The first-order valence-electron chi connectivity index (χ1n) is 5.94. The van der Waals surface area contributed by atoms with Crippen LogP contribution < -0.4 is 10.1 Å². The average Bonchev–Trinajstić information content (AvgIpc) is 2.25. The molecule has 5 nitrogen and oxygen atoms in total. The highest BCUT2D eigenvalue weighted by molar-refractivity contribution is 7.89. The Balaban J connectivity index is 3.03. The van der Waals surface area contributed by atoms with E-state index in [0.29, 0.717) is 12.6 Å². The Labute approximate surface area is 120 Å². The van der Waals surface area contributed by atoms with Crippen LogP contribution in [0.25, 0.3) is 0 Å². The van der Waals surface area contributed by atoms with Crippen molar-refractivity contribution in [2.24, 2.45) is 0 Å². The van der Waals surface area contributed by atoms with E-state index in [-0.39, 0.29) is 9.92 Å². The minimum absolute atomic E-state index is 0.0888. The number of hydrazine groups is 1. The molecule has 19 heavy (non-hydrogen) atoms. The highest BCUT2D eigenvalue weighted by Gasteiger charge is 2.19. The predicted molar refractivity (Wildman–Crippen MR) is 77.4 cm³/mol. The summed E-state index contributed by atoms with van der Waals surface area (Å²) in [6.07, 6.45) is 0. The molecule has 0 radical (unpaired) electrons. The molecule has 0 aromatic heterocycles. The van der Waals surface area contributed by atoms with Gasteiger partial charge in [-0.1, -0.05) is 31.5 Å². The van der Waals surface area contributed by atoms with Gasteiger partial charge in [0.05, 0.1) is 5.02 Å². The van der Waals surface area contributed by atoms with Crippen LogP contribution in [0.1, 0.15) is 19.4 Å². The van der Waals surface area contributed by atoms with Crippen molar-refractivity contribution in [1.29, 1.82) is 0 Å². The number of benzene rings is 1. The van der Waals surface area contributed by atoms with Crippen molar-refractivity contribution in [2.45, 2.75) is 31.3 Å². The van der Waals surface area contributed by atoms with Gasteiger partial charge in [0.15, 0.2) is 0 Å². The fourth-order valence-corrected chi connectivity index (χ4v) is 3.11. The minimum Gasteiger partial charge on any atom is -0.310 e. The Morgan fingerprint density at radius 2 is 1.95 bits per heavy atom. The zero-order chi connectivity index (χ0) is 14.6. The molecular weight excluding hydrogens is 286 g/mol. The molecule has 0 aliphatic carbocycles. The van der Waals surface area contributed by atoms with E-state index in [1.807, 2.05) is 19.9 Å². The molecule has 1 rings (SSSR count). The Hall–Kier alpha value is -0.660. The Morgan fingerprint density at radius 3 is 2.47 bits per heavy atom. The molecule has 0 unspecified atom stereocenters. The number of nitrogens with one attached hydrogen (secondary N) is 2. The van der Waals surface area contributed by atoms with Gasteiger partial charge in [0, 0.05) is 26.7 Å². The third-order valence-electron chi connectivity index (χ3n) is 2.30. The smallest absolute Gasteiger partial charge is 0.254 e. The summed E-state index contributed by atoms with van der Waals surface area (Å²) in [5.41, 5.74) is 0.872. The maximum Gasteiger partial charge on any atom is 0.254 e. The van der Waals surface area contributed by atoms with Crippen LogP contribution in [0, 0.1) is 0 Å².